The summed E-state index contributed by atoms with van der Waals surface area (Å²) in [6.45, 7) is 4.65. The number of nitrogens with one attached hydrogen (secondary N) is 1. The Morgan fingerprint density at radius 1 is 1.64 bits per heavy atom. The van der Waals surface area contributed by atoms with Gasteiger partial charge in [0.1, 0.15) is 0 Å². The van der Waals surface area contributed by atoms with Crippen LogP contribution in [0.1, 0.15) is 6.92 Å². The van der Waals surface area contributed by atoms with Crippen molar-refractivity contribution in [2.45, 2.75) is 6.92 Å². The van der Waals surface area contributed by atoms with Gasteiger partial charge in [-0.15, -0.1) is 0 Å². The molecule has 0 saturated carbocycles. The third kappa shape index (κ3) is 3.23. The van der Waals surface area contributed by atoms with E-state index in [2.05, 4.69) is 11.4 Å². The molecule has 0 aromatic heterocycles. The Kier molecular flexibility index (Phi) is 4.20. The molecule has 1 rings (SSSR count). The van der Waals surface area contributed by atoms with Gasteiger partial charge in [-0.05, 0) is 6.92 Å². The molecule has 0 aromatic rings. The number of rotatable bonds is 2. The molecule has 1 unspecified atom stereocenters. The van der Waals surface area contributed by atoms with Crippen LogP contribution in [-0.4, -0.2) is 43.8 Å². The van der Waals surface area contributed by atoms with Gasteiger partial charge in [0.15, 0.2) is 0 Å². The van der Waals surface area contributed by atoms with E-state index in [1.807, 2.05) is 0 Å². The number of urea groups is 1. The second-order valence-electron chi connectivity index (χ2n) is 3.32. The first-order chi connectivity index (χ1) is 6.74. The minimum absolute atomic E-state index is 0.101. The quantitative estimate of drug-likeness (QED) is 0.687. The van der Waals surface area contributed by atoms with Crippen LogP contribution in [0.4, 0.5) is 4.79 Å². The van der Waals surface area contributed by atoms with Crippen molar-refractivity contribution in [2.75, 3.05) is 32.8 Å². The van der Waals surface area contributed by atoms with Crippen LogP contribution in [-0.2, 0) is 4.74 Å². The highest BCUT2D eigenvalue weighted by molar-refractivity contribution is 5.74. The van der Waals surface area contributed by atoms with Gasteiger partial charge in [-0.1, -0.05) is 0 Å². The second-order valence-corrected chi connectivity index (χ2v) is 3.32. The molecular weight excluding hydrogens is 182 g/mol. The van der Waals surface area contributed by atoms with Crippen LogP contribution in [0.15, 0.2) is 0 Å². The zero-order valence-corrected chi connectivity index (χ0v) is 8.32. The van der Waals surface area contributed by atoms with Crippen LogP contribution < -0.4 is 5.32 Å². The zero-order chi connectivity index (χ0) is 10.4. The molecule has 0 aliphatic carbocycles. The summed E-state index contributed by atoms with van der Waals surface area (Å²) < 4.78 is 5.12. The third-order valence-corrected chi connectivity index (χ3v) is 2.08. The number of hydrogen-bond donors (Lipinski definition) is 1. The van der Waals surface area contributed by atoms with Crippen molar-refractivity contribution in [3.8, 4) is 6.07 Å². The van der Waals surface area contributed by atoms with E-state index in [1.54, 1.807) is 11.8 Å². The van der Waals surface area contributed by atoms with Gasteiger partial charge >= 0.3 is 6.03 Å². The first-order valence-electron chi connectivity index (χ1n) is 4.74. The van der Waals surface area contributed by atoms with E-state index in [-0.39, 0.29) is 11.9 Å². The summed E-state index contributed by atoms with van der Waals surface area (Å²) in [4.78, 5) is 13.2. The van der Waals surface area contributed by atoms with E-state index in [1.165, 1.54) is 0 Å². The second kappa shape index (κ2) is 5.45. The molecule has 5 heteroatoms. The number of carbonyl (C=O) groups is 1. The van der Waals surface area contributed by atoms with Gasteiger partial charge in [0.2, 0.25) is 0 Å². The van der Waals surface area contributed by atoms with E-state index in [0.717, 1.165) is 0 Å². The van der Waals surface area contributed by atoms with Crippen molar-refractivity contribution in [1.82, 2.24) is 10.2 Å². The predicted octanol–water partition coefficient (Wildman–Crippen LogP) is 0.188. The molecule has 2 amide bonds. The predicted molar refractivity (Wildman–Crippen MR) is 50.6 cm³/mol. The molecule has 1 aliphatic rings. The highest BCUT2D eigenvalue weighted by atomic mass is 16.5. The fourth-order valence-corrected chi connectivity index (χ4v) is 1.16. The summed E-state index contributed by atoms with van der Waals surface area (Å²) in [7, 11) is 0. The van der Waals surface area contributed by atoms with Crippen molar-refractivity contribution in [1.29, 1.82) is 5.26 Å². The minimum atomic E-state index is -0.139. The van der Waals surface area contributed by atoms with E-state index in [0.29, 0.717) is 32.8 Å². The van der Waals surface area contributed by atoms with E-state index in [9.17, 15) is 4.79 Å². The Labute approximate surface area is 83.6 Å². The lowest BCUT2D eigenvalue weighted by molar-refractivity contribution is 0.0531. The molecule has 78 valence electrons. The average Bonchev–Trinajstić information content (AvgIpc) is 2.26. The van der Waals surface area contributed by atoms with Crippen LogP contribution in [0.2, 0.25) is 0 Å². The van der Waals surface area contributed by atoms with Crippen molar-refractivity contribution in [3.63, 3.8) is 0 Å². The Morgan fingerprint density at radius 2 is 2.29 bits per heavy atom. The molecule has 0 spiro atoms. The normalized spacial score (nSPS) is 18.4. The van der Waals surface area contributed by atoms with E-state index in [4.69, 9.17) is 10.00 Å². The molecule has 1 atom stereocenters. The molecule has 5 nitrogen and oxygen atoms in total. The lowest BCUT2D eigenvalue weighted by atomic mass is 10.2. The summed E-state index contributed by atoms with van der Waals surface area (Å²) in [5, 5.41) is 11.2. The highest BCUT2D eigenvalue weighted by Crippen LogP contribution is 1.97. The van der Waals surface area contributed by atoms with Crippen LogP contribution in [0.25, 0.3) is 0 Å². The van der Waals surface area contributed by atoms with Gasteiger partial charge in [0.05, 0.1) is 25.2 Å². The largest absolute Gasteiger partial charge is 0.378 e. The molecule has 1 aliphatic heterocycles. The summed E-state index contributed by atoms with van der Waals surface area (Å²) >= 11 is 0. The molecule has 1 saturated heterocycles. The van der Waals surface area contributed by atoms with Gasteiger partial charge < -0.3 is 15.0 Å². The Balaban J connectivity index is 2.24. The monoisotopic (exact) mass is 197 g/mol. The van der Waals surface area contributed by atoms with E-state index < -0.39 is 0 Å². The number of ether oxygens (including phenoxy) is 1. The summed E-state index contributed by atoms with van der Waals surface area (Å²) in [5.74, 6) is -0.139. The molecule has 1 N–H and O–H groups in total. The standard InChI is InChI=1S/C9H15N3O2/c1-8(6-10)7-11-9(13)12-2-4-14-5-3-12/h8H,2-5,7H2,1H3,(H,11,13). The topological polar surface area (TPSA) is 65.4 Å². The van der Waals surface area contributed by atoms with Gasteiger partial charge in [-0.25, -0.2) is 4.79 Å². The van der Waals surface area contributed by atoms with Gasteiger partial charge in [-0.2, -0.15) is 5.26 Å². The van der Waals surface area contributed by atoms with Crippen LogP contribution in [0.3, 0.4) is 0 Å². The maximum atomic E-state index is 11.5. The van der Waals surface area contributed by atoms with Crippen LogP contribution in [0.5, 0.6) is 0 Å². The van der Waals surface area contributed by atoms with Crippen LogP contribution in [0, 0.1) is 17.2 Å². The zero-order valence-electron chi connectivity index (χ0n) is 8.32. The smallest absolute Gasteiger partial charge is 0.317 e. The van der Waals surface area contributed by atoms with Crippen molar-refractivity contribution in [3.05, 3.63) is 0 Å². The van der Waals surface area contributed by atoms with Crippen molar-refractivity contribution >= 4 is 6.03 Å². The minimum Gasteiger partial charge on any atom is -0.378 e. The maximum Gasteiger partial charge on any atom is 0.317 e. The first-order valence-corrected chi connectivity index (χ1v) is 4.74. The summed E-state index contributed by atoms with van der Waals surface area (Å²) in [6.07, 6.45) is 0. The lowest BCUT2D eigenvalue weighted by Crippen LogP contribution is -2.47. The van der Waals surface area contributed by atoms with Gasteiger partial charge in [-0.3, -0.25) is 0 Å². The number of hydrogen-bond acceptors (Lipinski definition) is 3. The van der Waals surface area contributed by atoms with Gasteiger partial charge in [0, 0.05) is 19.6 Å². The Hall–Kier alpha value is -1.28. The highest BCUT2D eigenvalue weighted by Gasteiger charge is 2.16. The summed E-state index contributed by atoms with van der Waals surface area (Å²) in [6, 6.07) is 1.96. The number of amides is 2. The number of nitrogens with zero attached hydrogens (tertiary/aromatic N) is 2. The number of morpholine rings is 1. The first kappa shape index (κ1) is 10.8. The van der Waals surface area contributed by atoms with Crippen molar-refractivity contribution in [2.24, 2.45) is 5.92 Å². The fourth-order valence-electron chi connectivity index (χ4n) is 1.16. The lowest BCUT2D eigenvalue weighted by Gasteiger charge is -2.27. The molecule has 0 aromatic carbocycles. The fraction of sp³-hybridized carbons (Fsp3) is 0.778. The Morgan fingerprint density at radius 3 is 2.86 bits per heavy atom. The Bertz CT molecular complexity index is 231. The molecule has 1 heterocycles. The summed E-state index contributed by atoms with van der Waals surface area (Å²) in [5.41, 5.74) is 0. The number of nitriles is 1. The molecule has 1 fully saturated rings. The van der Waals surface area contributed by atoms with Gasteiger partial charge in [0.25, 0.3) is 0 Å². The average molecular weight is 197 g/mol. The third-order valence-electron chi connectivity index (χ3n) is 2.08. The molecule has 0 radical (unpaired) electrons. The molecule has 14 heavy (non-hydrogen) atoms. The molecular formula is C9H15N3O2. The number of carbonyl (C=O) groups excluding carboxylic acids is 1. The maximum absolute atomic E-state index is 11.5. The SMILES string of the molecule is CC(C#N)CNC(=O)N1CCOCC1. The van der Waals surface area contributed by atoms with Crippen LogP contribution >= 0.6 is 0 Å². The van der Waals surface area contributed by atoms with E-state index >= 15 is 0 Å². The van der Waals surface area contributed by atoms with Crippen molar-refractivity contribution < 1.29 is 9.53 Å². The molecule has 0 bridgehead atoms.